The second kappa shape index (κ2) is 7.42. The summed E-state index contributed by atoms with van der Waals surface area (Å²) in [6.07, 6.45) is 1.36. The van der Waals surface area contributed by atoms with E-state index in [9.17, 15) is 4.79 Å². The van der Waals surface area contributed by atoms with Crippen molar-refractivity contribution in [1.82, 2.24) is 0 Å². The summed E-state index contributed by atoms with van der Waals surface area (Å²) in [5.41, 5.74) is 8.80. The molecule has 7 nitrogen and oxygen atoms in total. The fourth-order valence-corrected chi connectivity index (χ4v) is 1.95. The Bertz CT molecular complexity index is 595. The zero-order valence-corrected chi connectivity index (χ0v) is 12.7. The van der Waals surface area contributed by atoms with Crippen molar-refractivity contribution in [3.63, 3.8) is 0 Å². The van der Waals surface area contributed by atoms with Crippen molar-refractivity contribution < 1.29 is 19.0 Å². The quantitative estimate of drug-likeness (QED) is 0.270. The fourth-order valence-electron chi connectivity index (χ4n) is 1.49. The first-order valence-corrected chi connectivity index (χ1v) is 6.13. The molecule has 0 unspecified atom stereocenters. The third-order valence-corrected chi connectivity index (χ3v) is 2.77. The number of esters is 1. The van der Waals surface area contributed by atoms with Gasteiger partial charge in [0, 0.05) is 14.9 Å². The van der Waals surface area contributed by atoms with Gasteiger partial charge in [-0.3, -0.25) is 0 Å². The summed E-state index contributed by atoms with van der Waals surface area (Å²) in [6.45, 7) is 0. The summed E-state index contributed by atoms with van der Waals surface area (Å²) in [5.74, 6) is 0.132. The van der Waals surface area contributed by atoms with Crippen molar-refractivity contribution in [3.05, 3.63) is 38.3 Å². The van der Waals surface area contributed by atoms with Crippen LogP contribution in [0.25, 0.3) is 16.5 Å². The number of rotatable bonds is 5. The highest BCUT2D eigenvalue weighted by atomic mass is 79.9. The molecule has 0 heterocycles. The van der Waals surface area contributed by atoms with Crippen molar-refractivity contribution in [2.45, 2.75) is 0 Å². The van der Waals surface area contributed by atoms with Gasteiger partial charge in [-0.1, -0.05) is 21.0 Å². The number of hydrogen-bond donors (Lipinski definition) is 0. The van der Waals surface area contributed by atoms with Crippen LogP contribution in [0, 0.1) is 0 Å². The predicted molar refractivity (Wildman–Crippen MR) is 76.4 cm³/mol. The molecule has 0 spiro atoms. The van der Waals surface area contributed by atoms with E-state index in [4.69, 9.17) is 15.0 Å². The molecule has 0 saturated heterocycles. The first-order valence-electron chi connectivity index (χ1n) is 5.34. The zero-order chi connectivity index (χ0) is 15.1. The van der Waals surface area contributed by atoms with E-state index in [1.54, 1.807) is 12.1 Å². The summed E-state index contributed by atoms with van der Waals surface area (Å²) in [7, 11) is 4.16. The molecule has 0 atom stereocenters. The monoisotopic (exact) mass is 341 g/mol. The molecular weight excluding hydrogens is 330 g/mol. The summed E-state index contributed by atoms with van der Waals surface area (Å²) in [5, 5.41) is 3.31. The third-order valence-electron chi connectivity index (χ3n) is 2.31. The van der Waals surface area contributed by atoms with E-state index in [-0.39, 0.29) is 5.70 Å². The second-order valence-corrected chi connectivity index (χ2v) is 4.36. The molecule has 8 heteroatoms. The van der Waals surface area contributed by atoms with Crippen molar-refractivity contribution in [2.24, 2.45) is 5.11 Å². The largest absolute Gasteiger partial charge is 0.493 e. The average molecular weight is 342 g/mol. The van der Waals surface area contributed by atoms with E-state index in [1.165, 1.54) is 27.4 Å². The van der Waals surface area contributed by atoms with Gasteiger partial charge in [0.15, 0.2) is 11.5 Å². The van der Waals surface area contributed by atoms with Gasteiger partial charge in [-0.05, 0) is 23.7 Å². The highest BCUT2D eigenvalue weighted by Gasteiger charge is 2.14. The first kappa shape index (κ1) is 15.9. The maximum Gasteiger partial charge on any atom is 0.340 e. The van der Waals surface area contributed by atoms with E-state index in [0.717, 1.165) is 0 Å². The predicted octanol–water partition coefficient (Wildman–Crippen LogP) is 3.29. The van der Waals surface area contributed by atoms with Gasteiger partial charge in [-0.2, -0.15) is 0 Å². The Hall–Kier alpha value is -2.18. The van der Waals surface area contributed by atoms with Gasteiger partial charge in [0.1, 0.15) is 5.70 Å². The normalized spacial score (nSPS) is 10.5. The van der Waals surface area contributed by atoms with Gasteiger partial charge in [0.25, 0.3) is 0 Å². The standard InChI is InChI=1S/C12H12BrN3O4/c1-18-10-6-8(13)4-7(11(10)19-2)5-9(15-16-14)12(17)20-3/h4-6H,1-3H3/b9-5-. The lowest BCUT2D eigenvalue weighted by Crippen LogP contribution is -2.02. The van der Waals surface area contributed by atoms with Crippen molar-refractivity contribution in [3.8, 4) is 11.5 Å². The molecule has 20 heavy (non-hydrogen) atoms. The van der Waals surface area contributed by atoms with Crippen molar-refractivity contribution >= 4 is 28.0 Å². The van der Waals surface area contributed by atoms with Crippen LogP contribution in [0.4, 0.5) is 0 Å². The van der Waals surface area contributed by atoms with Gasteiger partial charge < -0.3 is 14.2 Å². The van der Waals surface area contributed by atoms with Crippen LogP contribution in [-0.2, 0) is 9.53 Å². The second-order valence-electron chi connectivity index (χ2n) is 3.44. The van der Waals surface area contributed by atoms with E-state index >= 15 is 0 Å². The average Bonchev–Trinajstić information content (AvgIpc) is 2.45. The zero-order valence-electron chi connectivity index (χ0n) is 11.1. The molecule has 0 bridgehead atoms. The molecule has 0 amide bonds. The highest BCUT2D eigenvalue weighted by molar-refractivity contribution is 9.10. The Morgan fingerprint density at radius 2 is 2.05 bits per heavy atom. The summed E-state index contributed by atoms with van der Waals surface area (Å²) in [6, 6.07) is 3.40. The van der Waals surface area contributed by atoms with Crippen LogP contribution >= 0.6 is 15.9 Å². The van der Waals surface area contributed by atoms with Crippen LogP contribution in [0.15, 0.2) is 27.4 Å². The Morgan fingerprint density at radius 3 is 2.55 bits per heavy atom. The number of nitrogens with zero attached hydrogens (tertiary/aromatic N) is 3. The van der Waals surface area contributed by atoms with E-state index in [2.05, 4.69) is 30.7 Å². The Balaban J connectivity index is 3.47. The molecule has 0 fully saturated rings. The van der Waals surface area contributed by atoms with E-state index in [0.29, 0.717) is 21.5 Å². The van der Waals surface area contributed by atoms with Crippen LogP contribution in [0.2, 0.25) is 0 Å². The summed E-state index contributed by atoms with van der Waals surface area (Å²) in [4.78, 5) is 14.1. The fraction of sp³-hybridized carbons (Fsp3) is 0.250. The minimum atomic E-state index is -0.746. The maximum atomic E-state index is 11.5. The van der Waals surface area contributed by atoms with Gasteiger partial charge in [0.05, 0.1) is 21.3 Å². The lowest BCUT2D eigenvalue weighted by Gasteiger charge is -2.11. The number of carbonyl (C=O) groups is 1. The number of hydrogen-bond acceptors (Lipinski definition) is 5. The summed E-state index contributed by atoms with van der Waals surface area (Å²) >= 11 is 3.32. The minimum absolute atomic E-state index is 0.187. The van der Waals surface area contributed by atoms with Gasteiger partial charge in [0.2, 0.25) is 0 Å². The van der Waals surface area contributed by atoms with Crippen LogP contribution in [-0.4, -0.2) is 27.3 Å². The van der Waals surface area contributed by atoms with Crippen molar-refractivity contribution in [1.29, 1.82) is 0 Å². The Morgan fingerprint density at radius 1 is 1.35 bits per heavy atom. The molecule has 106 valence electrons. The number of benzene rings is 1. The Labute approximate surface area is 123 Å². The minimum Gasteiger partial charge on any atom is -0.493 e. The molecule has 0 N–H and O–H groups in total. The van der Waals surface area contributed by atoms with Crippen LogP contribution in [0.5, 0.6) is 11.5 Å². The van der Waals surface area contributed by atoms with E-state index < -0.39 is 5.97 Å². The molecule has 0 radical (unpaired) electrons. The lowest BCUT2D eigenvalue weighted by molar-refractivity contribution is -0.136. The van der Waals surface area contributed by atoms with Crippen LogP contribution < -0.4 is 9.47 Å². The van der Waals surface area contributed by atoms with Crippen LogP contribution in [0.3, 0.4) is 0 Å². The van der Waals surface area contributed by atoms with Gasteiger partial charge in [-0.15, -0.1) is 0 Å². The van der Waals surface area contributed by atoms with Crippen LogP contribution in [0.1, 0.15) is 5.56 Å². The molecule has 0 aliphatic carbocycles. The molecule has 0 aromatic heterocycles. The molecule has 0 aliphatic heterocycles. The molecule has 0 saturated carbocycles. The topological polar surface area (TPSA) is 93.5 Å². The smallest absolute Gasteiger partial charge is 0.340 e. The lowest BCUT2D eigenvalue weighted by atomic mass is 10.1. The molecule has 0 aliphatic rings. The number of carbonyl (C=O) groups excluding carboxylic acids is 1. The highest BCUT2D eigenvalue weighted by Crippen LogP contribution is 2.36. The first-order chi connectivity index (χ1) is 9.57. The summed E-state index contributed by atoms with van der Waals surface area (Å²) < 4.78 is 15.7. The SMILES string of the molecule is COC(=O)/C(=C/c1cc(Br)cc(OC)c1OC)N=[N+]=[N-]. The molecule has 1 aromatic carbocycles. The molecular formula is C12H12BrN3O4. The number of ether oxygens (including phenoxy) is 3. The Kier molecular flexibility index (Phi) is 5.89. The maximum absolute atomic E-state index is 11.5. The van der Waals surface area contributed by atoms with Crippen molar-refractivity contribution in [2.75, 3.05) is 21.3 Å². The third kappa shape index (κ3) is 3.66. The van der Waals surface area contributed by atoms with E-state index in [1.807, 2.05) is 0 Å². The molecule has 1 rings (SSSR count). The number of methoxy groups -OCH3 is 3. The number of halogens is 1. The molecule has 1 aromatic rings. The van der Waals surface area contributed by atoms with Gasteiger partial charge in [-0.25, -0.2) is 4.79 Å². The van der Waals surface area contributed by atoms with Gasteiger partial charge >= 0.3 is 5.97 Å². The number of azide groups is 1.